The summed E-state index contributed by atoms with van der Waals surface area (Å²) in [5.74, 6) is 0. The van der Waals surface area contributed by atoms with Gasteiger partial charge in [0.1, 0.15) is 4.91 Å². The number of hydrogen-bond donors (Lipinski definition) is 0. The Labute approximate surface area is 83.0 Å². The Kier molecular flexibility index (Phi) is 3.19. The first-order chi connectivity index (χ1) is 6.62. The highest BCUT2D eigenvalue weighted by Crippen LogP contribution is 2.16. The van der Waals surface area contributed by atoms with Crippen molar-refractivity contribution in [1.82, 2.24) is 0 Å². The molecule has 0 N–H and O–H groups in total. The quantitative estimate of drug-likeness (QED) is 0.562. The molecule has 0 heterocycles. The normalized spacial score (nSPS) is 12.5. The lowest BCUT2D eigenvalue weighted by molar-refractivity contribution is -0.104. The van der Waals surface area contributed by atoms with Gasteiger partial charge < -0.3 is 0 Å². The molecule has 0 unspecified atom stereocenters. The Bertz CT molecular complexity index is 444. The van der Waals surface area contributed by atoms with Crippen molar-refractivity contribution in [1.29, 1.82) is 0 Å². The van der Waals surface area contributed by atoms with Crippen LogP contribution in [-0.4, -0.2) is 14.7 Å². The SMILES string of the molecule is CC=C(C=O)S(=O)(=O)c1ccccc1. The van der Waals surface area contributed by atoms with Crippen LogP contribution < -0.4 is 0 Å². The van der Waals surface area contributed by atoms with Gasteiger partial charge in [0.15, 0.2) is 6.29 Å². The lowest BCUT2D eigenvalue weighted by Crippen LogP contribution is -2.05. The first-order valence-electron chi connectivity index (χ1n) is 4.04. The van der Waals surface area contributed by atoms with Gasteiger partial charge in [-0.25, -0.2) is 8.42 Å². The van der Waals surface area contributed by atoms with Crippen molar-refractivity contribution in [2.45, 2.75) is 11.8 Å². The molecular weight excluding hydrogens is 200 g/mol. The zero-order chi connectivity index (χ0) is 10.6. The van der Waals surface area contributed by atoms with E-state index in [1.165, 1.54) is 25.1 Å². The minimum absolute atomic E-state index is 0.139. The number of benzene rings is 1. The number of aldehydes is 1. The third-order valence-corrected chi connectivity index (χ3v) is 3.61. The summed E-state index contributed by atoms with van der Waals surface area (Å²) >= 11 is 0. The van der Waals surface area contributed by atoms with E-state index in [-0.39, 0.29) is 9.80 Å². The van der Waals surface area contributed by atoms with Gasteiger partial charge in [0.2, 0.25) is 9.84 Å². The molecule has 0 aliphatic carbocycles. The second kappa shape index (κ2) is 4.19. The highest BCUT2D eigenvalue weighted by atomic mass is 32.2. The molecule has 0 atom stereocenters. The highest BCUT2D eigenvalue weighted by Gasteiger charge is 2.18. The molecule has 0 bridgehead atoms. The van der Waals surface area contributed by atoms with E-state index in [0.717, 1.165) is 0 Å². The van der Waals surface area contributed by atoms with E-state index in [1.54, 1.807) is 18.2 Å². The Hall–Kier alpha value is -1.42. The van der Waals surface area contributed by atoms with Crippen LogP contribution in [0.3, 0.4) is 0 Å². The number of allylic oxidation sites excluding steroid dienone is 2. The van der Waals surface area contributed by atoms with Gasteiger partial charge in [0, 0.05) is 0 Å². The van der Waals surface area contributed by atoms with Gasteiger partial charge in [-0.05, 0) is 19.1 Å². The third-order valence-electron chi connectivity index (χ3n) is 1.76. The molecule has 0 radical (unpaired) electrons. The molecule has 1 aromatic carbocycles. The van der Waals surface area contributed by atoms with Crippen LogP contribution in [0.15, 0.2) is 46.2 Å². The molecule has 0 aliphatic heterocycles. The summed E-state index contributed by atoms with van der Waals surface area (Å²) in [6, 6.07) is 7.87. The fourth-order valence-electron chi connectivity index (χ4n) is 1.02. The molecule has 4 heteroatoms. The van der Waals surface area contributed by atoms with E-state index >= 15 is 0 Å². The van der Waals surface area contributed by atoms with Crippen LogP contribution in [0.1, 0.15) is 6.92 Å². The first-order valence-corrected chi connectivity index (χ1v) is 5.53. The monoisotopic (exact) mass is 210 g/mol. The second-order valence-electron chi connectivity index (χ2n) is 2.63. The van der Waals surface area contributed by atoms with Gasteiger partial charge in [-0.1, -0.05) is 24.3 Å². The molecule has 0 amide bonds. The van der Waals surface area contributed by atoms with Gasteiger partial charge >= 0.3 is 0 Å². The lowest BCUT2D eigenvalue weighted by atomic mass is 10.4. The highest BCUT2D eigenvalue weighted by molar-refractivity contribution is 7.96. The molecule has 1 rings (SSSR count). The third kappa shape index (κ3) is 1.90. The molecule has 0 aromatic heterocycles. The van der Waals surface area contributed by atoms with E-state index in [0.29, 0.717) is 6.29 Å². The predicted molar refractivity (Wildman–Crippen MR) is 53.4 cm³/mol. The Morgan fingerprint density at radius 3 is 2.21 bits per heavy atom. The van der Waals surface area contributed by atoms with E-state index < -0.39 is 9.84 Å². The minimum Gasteiger partial charge on any atom is -0.297 e. The van der Waals surface area contributed by atoms with Crippen LogP contribution in [0.2, 0.25) is 0 Å². The molecule has 1 aromatic rings. The van der Waals surface area contributed by atoms with Gasteiger partial charge in [-0.3, -0.25) is 4.79 Å². The topological polar surface area (TPSA) is 51.2 Å². The van der Waals surface area contributed by atoms with E-state index in [9.17, 15) is 13.2 Å². The Morgan fingerprint density at radius 2 is 1.79 bits per heavy atom. The molecule has 0 spiro atoms. The summed E-state index contributed by atoms with van der Waals surface area (Å²) in [5, 5.41) is 0. The molecule has 0 aliphatic rings. The molecule has 0 saturated carbocycles. The average molecular weight is 210 g/mol. The van der Waals surface area contributed by atoms with Crippen molar-refractivity contribution in [3.63, 3.8) is 0 Å². The summed E-state index contributed by atoms with van der Waals surface area (Å²) in [6.07, 6.45) is 1.64. The van der Waals surface area contributed by atoms with Crippen LogP contribution in [-0.2, 0) is 14.6 Å². The molecule has 14 heavy (non-hydrogen) atoms. The maximum absolute atomic E-state index is 11.7. The largest absolute Gasteiger partial charge is 0.297 e. The first kappa shape index (κ1) is 10.7. The molecule has 0 fully saturated rings. The number of rotatable bonds is 3. The Balaban J connectivity index is 3.29. The van der Waals surface area contributed by atoms with Crippen LogP contribution in [0, 0.1) is 0 Å². The van der Waals surface area contributed by atoms with Crippen molar-refractivity contribution < 1.29 is 13.2 Å². The van der Waals surface area contributed by atoms with Crippen molar-refractivity contribution in [2.24, 2.45) is 0 Å². The zero-order valence-corrected chi connectivity index (χ0v) is 8.49. The summed E-state index contributed by atoms with van der Waals surface area (Å²) < 4.78 is 23.4. The van der Waals surface area contributed by atoms with Crippen molar-refractivity contribution in [2.75, 3.05) is 0 Å². The summed E-state index contributed by atoms with van der Waals surface area (Å²) in [5.41, 5.74) is 0. The lowest BCUT2D eigenvalue weighted by Gasteiger charge is -2.01. The fourth-order valence-corrected chi connectivity index (χ4v) is 2.25. The number of carbonyl (C=O) groups excluding carboxylic acids is 1. The van der Waals surface area contributed by atoms with Gasteiger partial charge in [0.25, 0.3) is 0 Å². The Morgan fingerprint density at radius 1 is 1.21 bits per heavy atom. The number of sulfone groups is 1. The van der Waals surface area contributed by atoms with Crippen LogP contribution in [0.4, 0.5) is 0 Å². The average Bonchev–Trinajstić information content (AvgIpc) is 2.20. The predicted octanol–water partition coefficient (Wildman–Crippen LogP) is 1.56. The van der Waals surface area contributed by atoms with Crippen molar-refractivity contribution >= 4 is 16.1 Å². The van der Waals surface area contributed by atoms with Gasteiger partial charge in [-0.15, -0.1) is 0 Å². The molecular formula is C10H10O3S. The maximum Gasteiger partial charge on any atom is 0.209 e. The van der Waals surface area contributed by atoms with Crippen LogP contribution >= 0.6 is 0 Å². The van der Waals surface area contributed by atoms with Crippen LogP contribution in [0.5, 0.6) is 0 Å². The van der Waals surface area contributed by atoms with Crippen molar-refractivity contribution in [3.05, 3.63) is 41.3 Å². The van der Waals surface area contributed by atoms with Gasteiger partial charge in [0.05, 0.1) is 4.90 Å². The van der Waals surface area contributed by atoms with E-state index in [4.69, 9.17) is 0 Å². The van der Waals surface area contributed by atoms with Crippen LogP contribution in [0.25, 0.3) is 0 Å². The van der Waals surface area contributed by atoms with Crippen molar-refractivity contribution in [3.8, 4) is 0 Å². The zero-order valence-electron chi connectivity index (χ0n) is 7.67. The number of hydrogen-bond acceptors (Lipinski definition) is 3. The number of carbonyl (C=O) groups is 1. The maximum atomic E-state index is 11.7. The molecule has 0 saturated heterocycles. The van der Waals surface area contributed by atoms with Gasteiger partial charge in [-0.2, -0.15) is 0 Å². The smallest absolute Gasteiger partial charge is 0.209 e. The molecule has 3 nitrogen and oxygen atoms in total. The van der Waals surface area contributed by atoms with E-state index in [1.807, 2.05) is 0 Å². The second-order valence-corrected chi connectivity index (χ2v) is 4.58. The summed E-state index contributed by atoms with van der Waals surface area (Å²) in [6.45, 7) is 1.52. The minimum atomic E-state index is -3.61. The fraction of sp³-hybridized carbons (Fsp3) is 0.100. The summed E-state index contributed by atoms with van der Waals surface area (Å²) in [4.78, 5) is 10.4. The van der Waals surface area contributed by atoms with E-state index in [2.05, 4.69) is 0 Å². The summed E-state index contributed by atoms with van der Waals surface area (Å²) in [7, 11) is -3.61. The standard InChI is InChI=1S/C10H10O3S/c1-2-9(8-11)14(12,13)10-6-4-3-5-7-10/h2-8H,1H3. The molecule has 74 valence electrons.